The summed E-state index contributed by atoms with van der Waals surface area (Å²) in [6.07, 6.45) is 4.30. The number of hydrogen-bond acceptors (Lipinski definition) is 5. The lowest BCUT2D eigenvalue weighted by atomic mass is 9.90. The number of rotatable bonds is 3. The summed E-state index contributed by atoms with van der Waals surface area (Å²) in [5.74, 6) is 2.64. The largest absolute Gasteiger partial charge is 0.485 e. The highest BCUT2D eigenvalue weighted by atomic mass is 16.7. The van der Waals surface area contributed by atoms with Crippen LogP contribution >= 0.6 is 0 Å². The van der Waals surface area contributed by atoms with Gasteiger partial charge in [-0.05, 0) is 44.0 Å². The van der Waals surface area contributed by atoms with E-state index in [1.165, 1.54) is 5.56 Å². The molecule has 1 aromatic rings. The van der Waals surface area contributed by atoms with E-state index in [4.69, 9.17) is 19.9 Å². The molecule has 0 radical (unpaired) electrons. The Hall–Kier alpha value is -1.46. The van der Waals surface area contributed by atoms with Crippen molar-refractivity contribution in [3.63, 3.8) is 0 Å². The normalized spacial score (nSPS) is 26.9. The van der Waals surface area contributed by atoms with Crippen molar-refractivity contribution in [2.45, 2.75) is 31.3 Å². The topological polar surface area (TPSA) is 57.0 Å². The standard InChI is InChI=1S/C16H22N2O3/c17-5-1-6-18-7-4-16(10-18)3-2-12-8-14-15(20-11-19-14)9-13(12)21-16/h8-9H,1-7,10-11,17H2. The number of hydrogen-bond donors (Lipinski definition) is 1. The Morgan fingerprint density at radius 2 is 2.00 bits per heavy atom. The van der Waals surface area contributed by atoms with Gasteiger partial charge < -0.3 is 19.9 Å². The molecule has 0 amide bonds. The minimum atomic E-state index is -0.0186. The maximum Gasteiger partial charge on any atom is 0.231 e. The van der Waals surface area contributed by atoms with E-state index in [2.05, 4.69) is 11.0 Å². The number of likely N-dealkylation sites (tertiary alicyclic amines) is 1. The third-order valence-corrected chi connectivity index (χ3v) is 4.81. The summed E-state index contributed by atoms with van der Waals surface area (Å²) in [6, 6.07) is 4.08. The minimum absolute atomic E-state index is 0.0186. The molecule has 0 aromatic heterocycles. The Morgan fingerprint density at radius 1 is 1.14 bits per heavy atom. The third-order valence-electron chi connectivity index (χ3n) is 4.81. The molecule has 1 spiro atoms. The number of ether oxygens (including phenoxy) is 3. The smallest absolute Gasteiger partial charge is 0.231 e. The van der Waals surface area contributed by atoms with E-state index in [9.17, 15) is 0 Å². The Labute approximate surface area is 125 Å². The van der Waals surface area contributed by atoms with Gasteiger partial charge in [0.25, 0.3) is 0 Å². The Morgan fingerprint density at radius 3 is 2.86 bits per heavy atom. The maximum atomic E-state index is 6.41. The highest BCUT2D eigenvalue weighted by Crippen LogP contribution is 2.44. The zero-order valence-electron chi connectivity index (χ0n) is 12.3. The minimum Gasteiger partial charge on any atom is -0.485 e. The highest BCUT2D eigenvalue weighted by Gasteiger charge is 2.42. The second-order valence-corrected chi connectivity index (χ2v) is 6.27. The first-order valence-electron chi connectivity index (χ1n) is 7.82. The molecule has 0 saturated carbocycles. The fraction of sp³-hybridized carbons (Fsp3) is 0.625. The number of aryl methyl sites for hydroxylation is 1. The van der Waals surface area contributed by atoms with E-state index in [0.717, 1.165) is 69.1 Å². The van der Waals surface area contributed by atoms with E-state index in [0.29, 0.717) is 6.79 Å². The van der Waals surface area contributed by atoms with E-state index in [1.54, 1.807) is 0 Å². The van der Waals surface area contributed by atoms with Crippen molar-refractivity contribution in [2.24, 2.45) is 5.73 Å². The molecule has 3 aliphatic rings. The zero-order chi connectivity index (χ0) is 14.3. The van der Waals surface area contributed by atoms with Gasteiger partial charge in [-0.25, -0.2) is 0 Å². The molecule has 0 aliphatic carbocycles. The van der Waals surface area contributed by atoms with E-state index in [-0.39, 0.29) is 5.60 Å². The van der Waals surface area contributed by atoms with Crippen LogP contribution < -0.4 is 19.9 Å². The molecular weight excluding hydrogens is 268 g/mol. The molecule has 21 heavy (non-hydrogen) atoms. The number of nitrogens with zero attached hydrogens (tertiary/aromatic N) is 1. The highest BCUT2D eigenvalue weighted by molar-refractivity contribution is 5.52. The van der Waals surface area contributed by atoms with Gasteiger partial charge >= 0.3 is 0 Å². The zero-order valence-corrected chi connectivity index (χ0v) is 12.3. The SMILES string of the molecule is NCCCN1CCC2(CCc3cc4c(cc3O2)OCO4)C1. The van der Waals surface area contributed by atoms with E-state index < -0.39 is 0 Å². The molecule has 5 heteroatoms. The summed E-state index contributed by atoms with van der Waals surface area (Å²) in [5, 5.41) is 0. The summed E-state index contributed by atoms with van der Waals surface area (Å²) in [7, 11) is 0. The number of benzene rings is 1. The summed E-state index contributed by atoms with van der Waals surface area (Å²) in [4.78, 5) is 2.48. The van der Waals surface area contributed by atoms with Crippen molar-refractivity contribution in [2.75, 3.05) is 33.0 Å². The van der Waals surface area contributed by atoms with Gasteiger partial charge in [-0.3, -0.25) is 4.90 Å². The van der Waals surface area contributed by atoms with Crippen LogP contribution in [0.4, 0.5) is 0 Å². The summed E-state index contributed by atoms with van der Waals surface area (Å²) in [6.45, 7) is 4.28. The molecule has 1 unspecified atom stereocenters. The van der Waals surface area contributed by atoms with Crippen molar-refractivity contribution < 1.29 is 14.2 Å². The van der Waals surface area contributed by atoms with Gasteiger partial charge in [-0.15, -0.1) is 0 Å². The van der Waals surface area contributed by atoms with Gasteiger partial charge in [0, 0.05) is 25.6 Å². The molecule has 1 saturated heterocycles. The van der Waals surface area contributed by atoms with Gasteiger partial charge in [0.1, 0.15) is 11.4 Å². The monoisotopic (exact) mass is 290 g/mol. The van der Waals surface area contributed by atoms with Crippen molar-refractivity contribution in [3.05, 3.63) is 17.7 Å². The van der Waals surface area contributed by atoms with Crippen LogP contribution in [0.3, 0.4) is 0 Å². The molecule has 5 nitrogen and oxygen atoms in total. The first-order chi connectivity index (χ1) is 10.3. The maximum absolute atomic E-state index is 6.41. The van der Waals surface area contributed by atoms with Gasteiger partial charge in [0.05, 0.1) is 0 Å². The van der Waals surface area contributed by atoms with E-state index >= 15 is 0 Å². The quantitative estimate of drug-likeness (QED) is 0.915. The molecule has 114 valence electrons. The van der Waals surface area contributed by atoms with Crippen molar-refractivity contribution in [1.82, 2.24) is 4.90 Å². The first kappa shape index (κ1) is 13.2. The third kappa shape index (κ3) is 2.34. The Bertz CT molecular complexity index is 549. The lowest BCUT2D eigenvalue weighted by molar-refractivity contribution is 0.0543. The number of fused-ring (bicyclic) bond motifs is 2. The molecule has 1 atom stereocenters. The van der Waals surface area contributed by atoms with Crippen molar-refractivity contribution in [3.8, 4) is 17.2 Å². The van der Waals surface area contributed by atoms with Crippen LogP contribution in [0.25, 0.3) is 0 Å². The lowest BCUT2D eigenvalue weighted by Gasteiger charge is -2.35. The van der Waals surface area contributed by atoms with Crippen LogP contribution in [0.2, 0.25) is 0 Å². The summed E-state index contributed by atoms with van der Waals surface area (Å²) < 4.78 is 17.3. The molecule has 4 rings (SSSR count). The molecule has 3 heterocycles. The first-order valence-corrected chi connectivity index (χ1v) is 7.82. The van der Waals surface area contributed by atoms with E-state index in [1.807, 2.05) is 6.07 Å². The molecule has 2 N–H and O–H groups in total. The molecule has 0 bridgehead atoms. The van der Waals surface area contributed by atoms with Gasteiger partial charge in [0.2, 0.25) is 6.79 Å². The number of nitrogens with two attached hydrogens (primary N) is 1. The lowest BCUT2D eigenvalue weighted by Crippen LogP contribution is -2.42. The Balaban J connectivity index is 1.52. The fourth-order valence-electron chi connectivity index (χ4n) is 3.62. The summed E-state index contributed by atoms with van der Waals surface area (Å²) in [5.41, 5.74) is 6.83. The summed E-state index contributed by atoms with van der Waals surface area (Å²) >= 11 is 0. The molecule has 1 aromatic carbocycles. The van der Waals surface area contributed by atoms with Gasteiger partial charge in [0.15, 0.2) is 11.5 Å². The van der Waals surface area contributed by atoms with Crippen LogP contribution in [-0.4, -0.2) is 43.5 Å². The molecule has 1 fully saturated rings. The predicted molar refractivity (Wildman–Crippen MR) is 79.0 cm³/mol. The van der Waals surface area contributed by atoms with Crippen LogP contribution in [-0.2, 0) is 6.42 Å². The second kappa shape index (κ2) is 5.07. The van der Waals surface area contributed by atoms with Gasteiger partial charge in [-0.1, -0.05) is 0 Å². The van der Waals surface area contributed by atoms with Crippen molar-refractivity contribution in [1.29, 1.82) is 0 Å². The predicted octanol–water partition coefficient (Wildman–Crippen LogP) is 1.53. The Kier molecular flexibility index (Phi) is 3.19. The van der Waals surface area contributed by atoms with Crippen LogP contribution in [0.1, 0.15) is 24.8 Å². The van der Waals surface area contributed by atoms with Crippen molar-refractivity contribution >= 4 is 0 Å². The van der Waals surface area contributed by atoms with Crippen LogP contribution in [0.15, 0.2) is 12.1 Å². The molecule has 3 aliphatic heterocycles. The van der Waals surface area contributed by atoms with Crippen LogP contribution in [0.5, 0.6) is 17.2 Å². The second-order valence-electron chi connectivity index (χ2n) is 6.27. The van der Waals surface area contributed by atoms with Gasteiger partial charge in [-0.2, -0.15) is 0 Å². The van der Waals surface area contributed by atoms with Crippen LogP contribution in [0, 0.1) is 0 Å². The molecular formula is C16H22N2O3. The average molecular weight is 290 g/mol. The fourth-order valence-corrected chi connectivity index (χ4v) is 3.62. The average Bonchev–Trinajstić information content (AvgIpc) is 3.10.